The second kappa shape index (κ2) is 18.9. The van der Waals surface area contributed by atoms with E-state index in [2.05, 4.69) is 272 Å². The van der Waals surface area contributed by atoms with Crippen LogP contribution >= 0.6 is 0 Å². The predicted octanol–water partition coefficient (Wildman–Crippen LogP) is 19.6. The van der Waals surface area contributed by atoms with Gasteiger partial charge in [0.05, 0.1) is 0 Å². The van der Waals surface area contributed by atoms with E-state index in [4.69, 9.17) is 0 Å². The van der Waals surface area contributed by atoms with Crippen molar-refractivity contribution < 1.29 is 0 Å². The number of nitrogens with zero attached hydrogens (tertiary/aromatic N) is 2. The van der Waals surface area contributed by atoms with Crippen LogP contribution in [0, 0.1) is 0 Å². The highest BCUT2D eigenvalue weighted by Gasteiger charge is 2.38. The number of fused-ring (bicyclic) bond motifs is 3. The smallest absolute Gasteiger partial charge is 0.0488 e. The molecule has 0 radical (unpaired) electrons. The van der Waals surface area contributed by atoms with Crippen LogP contribution in [0.25, 0.3) is 55.6 Å². The molecule has 10 aromatic rings. The first-order valence-electron chi connectivity index (χ1n) is 25.5. The number of hydrogen-bond acceptors (Lipinski definition) is 2. The van der Waals surface area contributed by atoms with Gasteiger partial charge in [0, 0.05) is 39.5 Å². The van der Waals surface area contributed by atoms with E-state index in [0.717, 1.165) is 39.7 Å². The molecular weight excluding hydrogens is 857 g/mol. The standard InChI is InChI=1S/C69H58N2/c1-69(2)65-38-22-37-63(53-29-15-6-16-30-53)68(65)64-44-43-58(48-66(64)69)71(56-33-19-8-20-34-56)60-46-54(67-61(51-25-11-4-12-26-51)35-21-36-62(67)52-27-13-5-14-28-52)45-59(47-60)70(55-31-17-7-18-32-55)57-41-39-50(40-42-57)49-23-9-3-10-24-49/h4-8,11-22,25-49H,3,9-10,23-24H2,1-2H3. The van der Waals surface area contributed by atoms with Gasteiger partial charge in [0.2, 0.25) is 0 Å². The van der Waals surface area contributed by atoms with Gasteiger partial charge in [-0.15, -0.1) is 0 Å². The van der Waals surface area contributed by atoms with Crippen molar-refractivity contribution in [2.75, 3.05) is 9.80 Å². The molecule has 0 unspecified atom stereocenters. The van der Waals surface area contributed by atoms with Crippen molar-refractivity contribution in [3.05, 3.63) is 265 Å². The van der Waals surface area contributed by atoms with Crippen LogP contribution in [0.3, 0.4) is 0 Å². The Morgan fingerprint density at radius 3 is 1.27 bits per heavy atom. The molecule has 10 aromatic carbocycles. The maximum atomic E-state index is 2.48. The van der Waals surface area contributed by atoms with Crippen LogP contribution in [0.2, 0.25) is 0 Å². The first-order chi connectivity index (χ1) is 35.0. The molecule has 0 aromatic heterocycles. The SMILES string of the molecule is CC1(C)c2cc(N(c3ccccc3)c3cc(-c4c(-c5ccccc5)cccc4-c4ccccc4)cc(N(c4ccccc4)c4ccc(C5CCCCC5)cc4)c3)ccc2-c2c(-c3ccccc3)cccc21. The monoisotopic (exact) mass is 914 g/mol. The molecule has 1 saturated carbocycles. The molecule has 0 amide bonds. The molecule has 0 atom stereocenters. The number of para-hydroxylation sites is 2. The summed E-state index contributed by atoms with van der Waals surface area (Å²) in [7, 11) is 0. The Kier molecular flexibility index (Phi) is 11.8. The highest BCUT2D eigenvalue weighted by atomic mass is 15.2. The van der Waals surface area contributed by atoms with E-state index in [1.165, 1.54) is 98.9 Å². The third kappa shape index (κ3) is 8.34. The molecule has 0 spiro atoms. The van der Waals surface area contributed by atoms with Crippen molar-refractivity contribution in [1.82, 2.24) is 0 Å². The minimum absolute atomic E-state index is 0.228. The van der Waals surface area contributed by atoms with Gasteiger partial charge in [-0.2, -0.15) is 0 Å². The molecule has 1 fully saturated rings. The Morgan fingerprint density at radius 1 is 0.310 bits per heavy atom. The Balaban J connectivity index is 1.11. The first kappa shape index (κ1) is 44.0. The summed E-state index contributed by atoms with van der Waals surface area (Å²) in [5, 5.41) is 0. The molecule has 0 aliphatic heterocycles. The summed E-state index contributed by atoms with van der Waals surface area (Å²) >= 11 is 0. The van der Waals surface area contributed by atoms with Crippen molar-refractivity contribution in [1.29, 1.82) is 0 Å². The van der Waals surface area contributed by atoms with E-state index in [9.17, 15) is 0 Å². The number of rotatable bonds is 11. The fourth-order valence-corrected chi connectivity index (χ4v) is 11.7. The maximum Gasteiger partial charge on any atom is 0.0488 e. The van der Waals surface area contributed by atoms with Crippen LogP contribution in [0.1, 0.15) is 68.6 Å². The molecule has 12 rings (SSSR count). The fraction of sp³-hybridized carbons (Fsp3) is 0.130. The summed E-state index contributed by atoms with van der Waals surface area (Å²) in [6.07, 6.45) is 6.52. The number of anilines is 6. The Bertz CT molecular complexity index is 3390. The van der Waals surface area contributed by atoms with Crippen LogP contribution < -0.4 is 9.80 Å². The van der Waals surface area contributed by atoms with Gasteiger partial charge in [0.25, 0.3) is 0 Å². The molecular formula is C69H58N2. The average Bonchev–Trinajstić information content (AvgIpc) is 3.67. The van der Waals surface area contributed by atoms with E-state index in [-0.39, 0.29) is 5.41 Å². The summed E-state index contributed by atoms with van der Waals surface area (Å²) in [5.74, 6) is 0.623. The lowest BCUT2D eigenvalue weighted by atomic mass is 9.81. The van der Waals surface area contributed by atoms with E-state index >= 15 is 0 Å². The Labute approximate surface area is 420 Å². The van der Waals surface area contributed by atoms with E-state index in [1.807, 2.05) is 0 Å². The molecule has 0 bridgehead atoms. The normalized spacial score (nSPS) is 13.8. The third-order valence-electron chi connectivity index (χ3n) is 15.2. The fourth-order valence-electron chi connectivity index (χ4n) is 11.7. The molecule has 2 aliphatic carbocycles. The summed E-state index contributed by atoms with van der Waals surface area (Å²) in [6.45, 7) is 4.79. The van der Waals surface area contributed by atoms with Gasteiger partial charge in [-0.1, -0.05) is 215 Å². The van der Waals surface area contributed by atoms with Crippen molar-refractivity contribution in [2.45, 2.75) is 57.3 Å². The maximum absolute atomic E-state index is 2.48. The van der Waals surface area contributed by atoms with Crippen LogP contribution in [-0.4, -0.2) is 0 Å². The largest absolute Gasteiger partial charge is 0.310 e. The van der Waals surface area contributed by atoms with Gasteiger partial charge in [-0.3, -0.25) is 0 Å². The Morgan fingerprint density at radius 2 is 0.746 bits per heavy atom. The van der Waals surface area contributed by atoms with Crippen molar-refractivity contribution >= 4 is 34.1 Å². The van der Waals surface area contributed by atoms with Gasteiger partial charge < -0.3 is 9.80 Å². The lowest BCUT2D eigenvalue weighted by molar-refractivity contribution is 0.443. The van der Waals surface area contributed by atoms with E-state index in [0.29, 0.717) is 5.92 Å². The Hall–Kier alpha value is -8.20. The summed E-state index contributed by atoms with van der Waals surface area (Å²) in [6, 6.07) is 92.1. The van der Waals surface area contributed by atoms with Gasteiger partial charge >= 0.3 is 0 Å². The number of hydrogen-bond donors (Lipinski definition) is 0. The van der Waals surface area contributed by atoms with E-state index < -0.39 is 0 Å². The van der Waals surface area contributed by atoms with Crippen molar-refractivity contribution in [3.8, 4) is 55.6 Å². The lowest BCUT2D eigenvalue weighted by Gasteiger charge is -2.32. The first-order valence-corrected chi connectivity index (χ1v) is 25.5. The third-order valence-corrected chi connectivity index (χ3v) is 15.2. The molecule has 0 saturated heterocycles. The van der Waals surface area contributed by atoms with Crippen molar-refractivity contribution in [2.24, 2.45) is 0 Å². The predicted molar refractivity (Wildman–Crippen MR) is 301 cm³/mol. The van der Waals surface area contributed by atoms with Crippen LogP contribution in [0.4, 0.5) is 34.1 Å². The molecule has 2 aliphatic rings. The van der Waals surface area contributed by atoms with Crippen LogP contribution in [0.15, 0.2) is 249 Å². The zero-order valence-corrected chi connectivity index (χ0v) is 40.7. The second-order valence-corrected chi connectivity index (χ2v) is 19.9. The van der Waals surface area contributed by atoms with Gasteiger partial charge in [-0.25, -0.2) is 0 Å². The van der Waals surface area contributed by atoms with Gasteiger partial charge in [-0.05, 0) is 158 Å². The number of benzene rings is 10. The van der Waals surface area contributed by atoms with Gasteiger partial charge in [0.15, 0.2) is 0 Å². The lowest BCUT2D eigenvalue weighted by Crippen LogP contribution is -2.17. The minimum atomic E-state index is -0.228. The summed E-state index contributed by atoms with van der Waals surface area (Å²) in [4.78, 5) is 4.94. The molecule has 344 valence electrons. The zero-order chi connectivity index (χ0) is 47.7. The molecule has 0 N–H and O–H groups in total. The zero-order valence-electron chi connectivity index (χ0n) is 40.7. The van der Waals surface area contributed by atoms with Crippen molar-refractivity contribution in [3.63, 3.8) is 0 Å². The highest BCUT2D eigenvalue weighted by Crippen LogP contribution is 2.54. The average molecular weight is 915 g/mol. The highest BCUT2D eigenvalue weighted by molar-refractivity contribution is 5.99. The van der Waals surface area contributed by atoms with E-state index in [1.54, 1.807) is 0 Å². The van der Waals surface area contributed by atoms with Crippen LogP contribution in [-0.2, 0) is 5.41 Å². The minimum Gasteiger partial charge on any atom is -0.310 e. The quantitative estimate of drug-likeness (QED) is 0.128. The molecule has 71 heavy (non-hydrogen) atoms. The van der Waals surface area contributed by atoms with Crippen LogP contribution in [0.5, 0.6) is 0 Å². The molecule has 2 heteroatoms. The topological polar surface area (TPSA) is 6.48 Å². The molecule has 0 heterocycles. The summed E-state index contributed by atoms with van der Waals surface area (Å²) < 4.78 is 0. The second-order valence-electron chi connectivity index (χ2n) is 19.9. The summed E-state index contributed by atoms with van der Waals surface area (Å²) in [5.41, 5.74) is 22.7. The van der Waals surface area contributed by atoms with Gasteiger partial charge in [0.1, 0.15) is 0 Å². The molecule has 2 nitrogen and oxygen atoms in total.